The van der Waals surface area contributed by atoms with E-state index in [4.69, 9.17) is 10.5 Å². The summed E-state index contributed by atoms with van der Waals surface area (Å²) in [4.78, 5) is 11.7. The van der Waals surface area contributed by atoms with E-state index in [2.05, 4.69) is 5.32 Å². The zero-order valence-corrected chi connectivity index (χ0v) is 12.2. The van der Waals surface area contributed by atoms with E-state index in [0.29, 0.717) is 0 Å². The molecular weight excluding hydrogens is 263 g/mol. The number of aliphatic hydroxyl groups is 1. The molecular formula is C14H21FN2O3. The van der Waals surface area contributed by atoms with Gasteiger partial charge in [0.15, 0.2) is 0 Å². The van der Waals surface area contributed by atoms with Gasteiger partial charge in [0.05, 0.1) is 5.69 Å². The lowest BCUT2D eigenvalue weighted by molar-refractivity contribution is 0.0623. The second kappa shape index (κ2) is 5.76. The van der Waals surface area contributed by atoms with Crippen LogP contribution in [-0.4, -0.2) is 23.3 Å². The van der Waals surface area contributed by atoms with Crippen LogP contribution in [0.4, 0.5) is 14.9 Å². The van der Waals surface area contributed by atoms with E-state index in [0.717, 1.165) is 6.07 Å². The lowest BCUT2D eigenvalue weighted by Crippen LogP contribution is -2.33. The molecule has 0 saturated heterocycles. The number of benzene rings is 1. The third-order valence-electron chi connectivity index (χ3n) is 2.59. The molecule has 1 amide bonds. The van der Waals surface area contributed by atoms with Gasteiger partial charge < -0.3 is 15.6 Å². The van der Waals surface area contributed by atoms with Crippen molar-refractivity contribution in [2.24, 2.45) is 5.73 Å². The van der Waals surface area contributed by atoms with Crippen LogP contribution in [0.1, 0.15) is 33.3 Å². The number of amides is 1. The number of rotatable bonds is 3. The summed E-state index contributed by atoms with van der Waals surface area (Å²) in [5.74, 6) is -0.525. The molecule has 0 fully saturated rings. The highest BCUT2D eigenvalue weighted by molar-refractivity contribution is 5.86. The van der Waals surface area contributed by atoms with Gasteiger partial charge >= 0.3 is 6.09 Å². The van der Waals surface area contributed by atoms with Gasteiger partial charge in [0, 0.05) is 12.1 Å². The summed E-state index contributed by atoms with van der Waals surface area (Å²) in [7, 11) is 0. The predicted octanol–water partition coefficient (Wildman–Crippen LogP) is 2.34. The first-order valence-corrected chi connectivity index (χ1v) is 6.27. The Bertz CT molecular complexity index is 496. The van der Waals surface area contributed by atoms with E-state index in [1.54, 1.807) is 20.8 Å². The van der Waals surface area contributed by atoms with Crippen LogP contribution < -0.4 is 11.1 Å². The molecule has 1 aromatic rings. The van der Waals surface area contributed by atoms with Crippen LogP contribution in [0.2, 0.25) is 0 Å². The highest BCUT2D eigenvalue weighted by Crippen LogP contribution is 2.28. The zero-order valence-electron chi connectivity index (χ0n) is 12.2. The van der Waals surface area contributed by atoms with E-state index >= 15 is 0 Å². The summed E-state index contributed by atoms with van der Waals surface area (Å²) >= 11 is 0. The van der Waals surface area contributed by atoms with Gasteiger partial charge in [0.1, 0.15) is 17.0 Å². The maximum atomic E-state index is 13.3. The van der Waals surface area contributed by atoms with Crippen LogP contribution in [-0.2, 0) is 10.3 Å². The predicted molar refractivity (Wildman–Crippen MR) is 74.9 cm³/mol. The van der Waals surface area contributed by atoms with Crippen molar-refractivity contribution in [3.63, 3.8) is 0 Å². The minimum absolute atomic E-state index is 0.112. The van der Waals surface area contributed by atoms with E-state index in [-0.39, 0.29) is 17.8 Å². The Morgan fingerprint density at radius 1 is 1.40 bits per heavy atom. The van der Waals surface area contributed by atoms with Crippen molar-refractivity contribution in [1.82, 2.24) is 0 Å². The fourth-order valence-electron chi connectivity index (χ4n) is 1.59. The molecule has 1 aromatic carbocycles. The fourth-order valence-corrected chi connectivity index (χ4v) is 1.59. The topological polar surface area (TPSA) is 84.6 Å². The number of halogens is 1. The van der Waals surface area contributed by atoms with Crippen molar-refractivity contribution in [1.29, 1.82) is 0 Å². The van der Waals surface area contributed by atoms with Gasteiger partial charge in [-0.3, -0.25) is 5.32 Å². The molecule has 0 saturated carbocycles. The average molecular weight is 284 g/mol. The molecule has 5 nitrogen and oxygen atoms in total. The molecule has 0 aliphatic heterocycles. The Labute approximate surface area is 117 Å². The van der Waals surface area contributed by atoms with Gasteiger partial charge in [-0.2, -0.15) is 0 Å². The zero-order chi connectivity index (χ0) is 15.6. The van der Waals surface area contributed by atoms with Crippen molar-refractivity contribution in [2.75, 3.05) is 11.9 Å². The summed E-state index contributed by atoms with van der Waals surface area (Å²) in [5, 5.41) is 12.7. The molecule has 0 aliphatic carbocycles. The number of hydrogen-bond donors (Lipinski definition) is 3. The standard InChI is InChI=1S/C14H21FN2O3/c1-13(2,3)20-12(18)17-11-6-5-9(15)7-10(11)14(4,19)8-16/h5-7,19H,8,16H2,1-4H3,(H,17,18). The molecule has 0 aromatic heterocycles. The summed E-state index contributed by atoms with van der Waals surface area (Å²) in [6, 6.07) is 3.68. The first kappa shape index (κ1) is 16.4. The quantitative estimate of drug-likeness (QED) is 0.795. The molecule has 20 heavy (non-hydrogen) atoms. The van der Waals surface area contributed by atoms with Gasteiger partial charge in [0.25, 0.3) is 0 Å². The number of carbonyl (C=O) groups excluding carboxylic acids is 1. The molecule has 0 aliphatic rings. The van der Waals surface area contributed by atoms with E-state index in [1.807, 2.05) is 0 Å². The van der Waals surface area contributed by atoms with Crippen LogP contribution >= 0.6 is 0 Å². The second-order valence-corrected chi connectivity index (χ2v) is 5.79. The highest BCUT2D eigenvalue weighted by atomic mass is 19.1. The lowest BCUT2D eigenvalue weighted by atomic mass is 9.94. The van der Waals surface area contributed by atoms with E-state index in [1.165, 1.54) is 19.1 Å². The van der Waals surface area contributed by atoms with Crippen LogP contribution in [0.3, 0.4) is 0 Å². The monoisotopic (exact) mass is 284 g/mol. The van der Waals surface area contributed by atoms with E-state index in [9.17, 15) is 14.3 Å². The summed E-state index contributed by atoms with van der Waals surface area (Å²) in [6.07, 6.45) is -0.682. The molecule has 0 spiro atoms. The first-order chi connectivity index (χ1) is 9.05. The Morgan fingerprint density at radius 3 is 2.50 bits per heavy atom. The number of ether oxygens (including phenoxy) is 1. The van der Waals surface area contributed by atoms with Crippen LogP contribution in [0.15, 0.2) is 18.2 Å². The van der Waals surface area contributed by atoms with Gasteiger partial charge in [-0.25, -0.2) is 9.18 Å². The number of anilines is 1. The molecule has 1 atom stereocenters. The Balaban J connectivity index is 3.04. The lowest BCUT2D eigenvalue weighted by Gasteiger charge is -2.26. The number of nitrogens with one attached hydrogen (secondary N) is 1. The second-order valence-electron chi connectivity index (χ2n) is 5.79. The average Bonchev–Trinajstić information content (AvgIpc) is 2.29. The van der Waals surface area contributed by atoms with Gasteiger partial charge in [-0.05, 0) is 45.9 Å². The SMILES string of the molecule is CC(C)(C)OC(=O)Nc1ccc(F)cc1C(C)(O)CN. The molecule has 6 heteroatoms. The van der Waals surface area contributed by atoms with Gasteiger partial charge in [0.2, 0.25) is 0 Å². The van der Waals surface area contributed by atoms with Gasteiger partial charge in [-0.15, -0.1) is 0 Å². The maximum absolute atomic E-state index is 13.3. The van der Waals surface area contributed by atoms with Crippen LogP contribution in [0.25, 0.3) is 0 Å². The van der Waals surface area contributed by atoms with Crippen molar-refractivity contribution in [3.05, 3.63) is 29.6 Å². The Kier molecular flexibility index (Phi) is 4.73. The normalized spacial score (nSPS) is 14.6. The molecule has 0 heterocycles. The highest BCUT2D eigenvalue weighted by Gasteiger charge is 2.26. The van der Waals surface area contributed by atoms with Gasteiger partial charge in [-0.1, -0.05) is 0 Å². The van der Waals surface area contributed by atoms with Crippen LogP contribution in [0.5, 0.6) is 0 Å². The molecule has 0 radical (unpaired) electrons. The minimum Gasteiger partial charge on any atom is -0.444 e. The summed E-state index contributed by atoms with van der Waals surface area (Å²) in [6.45, 7) is 6.53. The third-order valence-corrected chi connectivity index (χ3v) is 2.59. The molecule has 1 unspecified atom stereocenters. The first-order valence-electron chi connectivity index (χ1n) is 6.27. The minimum atomic E-state index is -1.45. The van der Waals surface area contributed by atoms with Crippen molar-refractivity contribution >= 4 is 11.8 Å². The molecule has 0 bridgehead atoms. The third kappa shape index (κ3) is 4.47. The smallest absolute Gasteiger partial charge is 0.412 e. The molecule has 112 valence electrons. The van der Waals surface area contributed by atoms with E-state index < -0.39 is 23.1 Å². The van der Waals surface area contributed by atoms with Crippen LogP contribution in [0, 0.1) is 5.82 Å². The number of carbonyl (C=O) groups is 1. The Morgan fingerprint density at radius 2 is 2.00 bits per heavy atom. The van der Waals surface area contributed by atoms with Crippen molar-refractivity contribution in [2.45, 2.75) is 38.9 Å². The maximum Gasteiger partial charge on any atom is 0.412 e. The van der Waals surface area contributed by atoms with Crippen molar-refractivity contribution < 1.29 is 19.0 Å². The largest absolute Gasteiger partial charge is 0.444 e. The molecule has 4 N–H and O–H groups in total. The molecule has 1 rings (SSSR count). The fraction of sp³-hybridized carbons (Fsp3) is 0.500. The number of nitrogens with two attached hydrogens (primary N) is 1. The Hall–Kier alpha value is -1.66. The number of hydrogen-bond acceptors (Lipinski definition) is 4. The summed E-state index contributed by atoms with van der Waals surface area (Å²) < 4.78 is 18.4. The van der Waals surface area contributed by atoms with Crippen molar-refractivity contribution in [3.8, 4) is 0 Å². The summed E-state index contributed by atoms with van der Waals surface area (Å²) in [5.41, 5.74) is 3.83.